The van der Waals surface area contributed by atoms with Crippen molar-refractivity contribution in [3.63, 3.8) is 0 Å². The summed E-state index contributed by atoms with van der Waals surface area (Å²) in [5, 5.41) is 20.4. The molecule has 12 nitrogen and oxygen atoms in total. The second-order valence-electron chi connectivity index (χ2n) is 7.56. The Morgan fingerprint density at radius 1 is 1.21 bits per heavy atom. The maximum atomic E-state index is 15.1. The number of hydrogen-bond acceptors (Lipinski definition) is 10. The van der Waals surface area contributed by atoms with Crippen LogP contribution in [0.15, 0.2) is 46.4 Å². The summed E-state index contributed by atoms with van der Waals surface area (Å²) in [6.07, 6.45) is -2.25. The van der Waals surface area contributed by atoms with Gasteiger partial charge in [-0.2, -0.15) is 0 Å². The summed E-state index contributed by atoms with van der Waals surface area (Å²) >= 11 is 0. The van der Waals surface area contributed by atoms with Gasteiger partial charge in [-0.25, -0.2) is 18.5 Å². The molecular formula is C20H22FN3O9. The summed E-state index contributed by atoms with van der Waals surface area (Å²) in [7, 11) is 0. The number of hydrogen-bond donors (Lipinski definition) is 2. The van der Waals surface area contributed by atoms with E-state index in [1.165, 1.54) is 38.4 Å². The lowest BCUT2D eigenvalue weighted by Crippen LogP contribution is -2.44. The third-order valence-corrected chi connectivity index (χ3v) is 4.87. The van der Waals surface area contributed by atoms with Gasteiger partial charge in [0.05, 0.1) is 11.5 Å². The number of rotatable bonds is 7. The van der Waals surface area contributed by atoms with Crippen LogP contribution in [0.4, 0.5) is 4.39 Å². The number of esters is 2. The lowest BCUT2D eigenvalue weighted by atomic mass is 10.1. The minimum Gasteiger partial charge on any atom is -0.459 e. The Balaban J connectivity index is 1.80. The Bertz CT molecular complexity index is 1130. The first-order chi connectivity index (χ1) is 15.5. The van der Waals surface area contributed by atoms with Crippen molar-refractivity contribution in [3.05, 3.63) is 63.2 Å². The van der Waals surface area contributed by atoms with Crippen molar-refractivity contribution in [1.29, 1.82) is 0 Å². The molecule has 0 amide bonds. The molecule has 0 radical (unpaired) electrons. The molecule has 3 rings (SSSR count). The van der Waals surface area contributed by atoms with Crippen LogP contribution < -0.4 is 11.2 Å². The summed E-state index contributed by atoms with van der Waals surface area (Å²) in [5.74, 6) is -5.18. The lowest BCUT2D eigenvalue weighted by Gasteiger charge is -2.23. The lowest BCUT2D eigenvalue weighted by molar-refractivity contribution is -0.218. The Morgan fingerprint density at radius 2 is 1.88 bits per heavy atom. The molecule has 0 aliphatic carbocycles. The van der Waals surface area contributed by atoms with Crippen LogP contribution in [0.25, 0.3) is 0 Å². The van der Waals surface area contributed by atoms with Gasteiger partial charge in [-0.1, -0.05) is 13.8 Å². The number of alkyl halides is 1. The van der Waals surface area contributed by atoms with Crippen molar-refractivity contribution in [3.8, 4) is 0 Å². The number of ether oxygens (including phenoxy) is 3. The fourth-order valence-electron chi connectivity index (χ4n) is 2.97. The second kappa shape index (κ2) is 9.60. The smallest absolute Gasteiger partial charge is 0.339 e. The van der Waals surface area contributed by atoms with E-state index in [2.05, 4.69) is 4.98 Å². The van der Waals surface area contributed by atoms with Crippen molar-refractivity contribution in [2.45, 2.75) is 44.9 Å². The van der Waals surface area contributed by atoms with E-state index in [0.717, 1.165) is 12.3 Å². The van der Waals surface area contributed by atoms with Crippen molar-refractivity contribution < 1.29 is 38.4 Å². The second-order valence-corrected chi connectivity index (χ2v) is 7.56. The van der Waals surface area contributed by atoms with Crippen LogP contribution >= 0.6 is 0 Å². The van der Waals surface area contributed by atoms with E-state index in [1.807, 2.05) is 0 Å². The van der Waals surface area contributed by atoms with Gasteiger partial charge in [-0.15, -0.1) is 0 Å². The average Bonchev–Trinajstić information content (AvgIpc) is 3.02. The third kappa shape index (κ3) is 4.99. The molecule has 33 heavy (non-hydrogen) atoms. The Hall–Kier alpha value is -3.42. The molecule has 2 N–H and O–H groups in total. The van der Waals surface area contributed by atoms with Gasteiger partial charge in [0.15, 0.2) is 19.6 Å². The molecule has 178 valence electrons. The van der Waals surface area contributed by atoms with Crippen LogP contribution in [-0.4, -0.2) is 60.9 Å². The number of nitrogens with zero attached hydrogens (tertiary/aromatic N) is 3. The highest BCUT2D eigenvalue weighted by Gasteiger charge is 2.57. The topological polar surface area (TPSA) is 159 Å². The minimum absolute atomic E-state index is 0.130. The Labute approximate surface area is 185 Å². The van der Waals surface area contributed by atoms with E-state index < -0.39 is 66.7 Å². The van der Waals surface area contributed by atoms with Crippen LogP contribution in [-0.2, 0) is 25.7 Å². The molecular weight excluding hydrogens is 445 g/mol. The molecule has 0 unspecified atom stereocenters. The zero-order chi connectivity index (χ0) is 24.3. The predicted molar refractivity (Wildman–Crippen MR) is 106 cm³/mol. The number of halogens is 1. The van der Waals surface area contributed by atoms with Crippen LogP contribution in [0.1, 0.15) is 30.4 Å². The number of carbonyl (C=O) groups is 2. The first kappa shape index (κ1) is 24.2. The molecule has 3 heterocycles. The van der Waals surface area contributed by atoms with E-state index in [1.54, 1.807) is 0 Å². The molecule has 0 saturated carbocycles. The van der Waals surface area contributed by atoms with Crippen molar-refractivity contribution in [1.82, 2.24) is 14.1 Å². The predicted octanol–water partition coefficient (Wildman–Crippen LogP) is -0.665. The van der Waals surface area contributed by atoms with Gasteiger partial charge in [-0.05, 0) is 12.1 Å². The van der Waals surface area contributed by atoms with Crippen molar-refractivity contribution in [2.75, 3.05) is 6.61 Å². The molecule has 1 aliphatic rings. The van der Waals surface area contributed by atoms with E-state index in [0.29, 0.717) is 9.13 Å². The van der Waals surface area contributed by atoms with Crippen LogP contribution in [0.2, 0.25) is 0 Å². The standard InChI is InChI=1S/C20H22FN3O9/c1-11(2)17(28)31-9-20(21)15(27)14(26)16(33-20)23-8-5-13(25)24(19(23)30)10-32-18(29)12-3-6-22-7-4-12/h3-8,11,14-16,26-27H,9-10H2,1-2H3/t14-,15+,16-,20-/m1/s1. The van der Waals surface area contributed by atoms with Gasteiger partial charge in [0.2, 0.25) is 0 Å². The van der Waals surface area contributed by atoms with Crippen LogP contribution in [0.5, 0.6) is 0 Å². The van der Waals surface area contributed by atoms with E-state index in [9.17, 15) is 29.4 Å². The summed E-state index contributed by atoms with van der Waals surface area (Å²) in [6, 6.07) is 3.64. The number of aromatic nitrogens is 3. The number of aliphatic hydroxyl groups excluding tert-OH is 2. The normalized spacial score (nSPS) is 24.6. The van der Waals surface area contributed by atoms with Gasteiger partial charge >= 0.3 is 17.6 Å². The minimum atomic E-state index is -3.01. The highest BCUT2D eigenvalue weighted by molar-refractivity contribution is 5.88. The Kier molecular flexibility index (Phi) is 7.05. The largest absolute Gasteiger partial charge is 0.459 e. The zero-order valence-corrected chi connectivity index (χ0v) is 17.7. The van der Waals surface area contributed by atoms with Gasteiger partial charge in [0, 0.05) is 24.7 Å². The maximum Gasteiger partial charge on any atom is 0.339 e. The summed E-state index contributed by atoms with van der Waals surface area (Å²) in [6.45, 7) is 1.22. The zero-order valence-electron chi connectivity index (χ0n) is 17.7. The van der Waals surface area contributed by atoms with E-state index in [-0.39, 0.29) is 5.56 Å². The van der Waals surface area contributed by atoms with Crippen LogP contribution in [0.3, 0.4) is 0 Å². The Morgan fingerprint density at radius 3 is 2.52 bits per heavy atom. The molecule has 4 atom stereocenters. The van der Waals surface area contributed by atoms with Gasteiger partial charge in [0.1, 0.15) is 12.2 Å². The number of aliphatic hydroxyl groups is 2. The SMILES string of the molecule is CC(C)C(=O)OC[C@@]1(F)O[C@@H](n2ccc(=O)n(COC(=O)c3ccncc3)c2=O)[C@H](O)[C@@H]1O. The van der Waals surface area contributed by atoms with Gasteiger partial charge < -0.3 is 24.4 Å². The molecule has 0 spiro atoms. The summed E-state index contributed by atoms with van der Waals surface area (Å²) < 4.78 is 31.0. The number of pyridine rings is 1. The van der Waals surface area contributed by atoms with Crippen molar-refractivity contribution >= 4 is 11.9 Å². The highest BCUT2D eigenvalue weighted by Crippen LogP contribution is 2.38. The van der Waals surface area contributed by atoms with E-state index >= 15 is 4.39 Å². The molecule has 0 bridgehead atoms. The van der Waals surface area contributed by atoms with Gasteiger partial charge in [-0.3, -0.25) is 19.1 Å². The van der Waals surface area contributed by atoms with Gasteiger partial charge in [0.25, 0.3) is 11.4 Å². The van der Waals surface area contributed by atoms with Crippen molar-refractivity contribution in [2.24, 2.45) is 5.92 Å². The molecule has 1 aliphatic heterocycles. The summed E-state index contributed by atoms with van der Waals surface area (Å²) in [5.41, 5.74) is -1.82. The van der Waals surface area contributed by atoms with E-state index in [4.69, 9.17) is 14.2 Å². The molecule has 2 aromatic rings. The quantitative estimate of drug-likeness (QED) is 0.500. The first-order valence-electron chi connectivity index (χ1n) is 9.84. The molecule has 1 saturated heterocycles. The fraction of sp³-hybridized carbons (Fsp3) is 0.450. The molecule has 2 aromatic heterocycles. The third-order valence-electron chi connectivity index (χ3n) is 4.87. The maximum absolute atomic E-state index is 15.1. The summed E-state index contributed by atoms with van der Waals surface area (Å²) in [4.78, 5) is 52.4. The molecule has 0 aromatic carbocycles. The fourth-order valence-corrected chi connectivity index (χ4v) is 2.97. The highest BCUT2D eigenvalue weighted by atomic mass is 19.2. The average molecular weight is 467 g/mol. The number of carbonyl (C=O) groups excluding carboxylic acids is 2. The molecule has 1 fully saturated rings. The monoisotopic (exact) mass is 467 g/mol. The molecule has 13 heteroatoms. The first-order valence-corrected chi connectivity index (χ1v) is 9.84. The van der Waals surface area contributed by atoms with Crippen LogP contribution in [0, 0.1) is 5.92 Å².